The fourth-order valence-corrected chi connectivity index (χ4v) is 2.65. The van der Waals surface area contributed by atoms with Crippen molar-refractivity contribution >= 4 is 51.3 Å². The Kier molecular flexibility index (Phi) is 7.11. The van der Waals surface area contributed by atoms with E-state index in [-0.39, 0.29) is 5.91 Å². The van der Waals surface area contributed by atoms with Crippen LogP contribution in [0.1, 0.15) is 18.1 Å². The van der Waals surface area contributed by atoms with Crippen LogP contribution in [0.25, 0.3) is 0 Å². The number of methoxy groups -OCH3 is 1. The van der Waals surface area contributed by atoms with Crippen molar-refractivity contribution in [3.8, 4) is 11.5 Å². The van der Waals surface area contributed by atoms with E-state index in [0.717, 1.165) is 15.6 Å². The predicted molar refractivity (Wildman–Crippen MR) is 103 cm³/mol. The van der Waals surface area contributed by atoms with Gasteiger partial charge >= 0.3 is 0 Å². The monoisotopic (exact) mass is 444 g/mol. The molecule has 0 aromatic heterocycles. The van der Waals surface area contributed by atoms with E-state index in [0.29, 0.717) is 28.2 Å². The van der Waals surface area contributed by atoms with Gasteiger partial charge in [0, 0.05) is 17.0 Å². The van der Waals surface area contributed by atoms with Crippen molar-refractivity contribution in [2.24, 2.45) is 5.10 Å². The molecule has 5 nitrogen and oxygen atoms in total. The number of benzene rings is 2. The molecule has 2 aromatic carbocycles. The number of hydrogen-bond donors (Lipinski definition) is 1. The third kappa shape index (κ3) is 5.63. The molecule has 0 unspecified atom stereocenters. The zero-order valence-corrected chi connectivity index (χ0v) is 16.6. The molecule has 2 aromatic rings. The van der Waals surface area contributed by atoms with E-state index >= 15 is 0 Å². The second-order valence-corrected chi connectivity index (χ2v) is 6.66. The Labute approximate surface area is 164 Å². The van der Waals surface area contributed by atoms with Gasteiger partial charge in [0.1, 0.15) is 6.61 Å². The van der Waals surface area contributed by atoms with Crippen molar-refractivity contribution in [2.75, 3.05) is 7.11 Å². The highest BCUT2D eigenvalue weighted by molar-refractivity contribution is 9.10. The number of nitrogens with zero attached hydrogens (tertiary/aromatic N) is 1. The molecule has 0 saturated carbocycles. The van der Waals surface area contributed by atoms with E-state index < -0.39 is 0 Å². The minimum atomic E-state index is -0.249. The van der Waals surface area contributed by atoms with Crippen LogP contribution in [0.15, 0.2) is 39.9 Å². The average Bonchev–Trinajstić information content (AvgIpc) is 2.57. The molecule has 0 fully saturated rings. The first-order chi connectivity index (χ1) is 11.9. The fraction of sp³-hybridized carbons (Fsp3) is 0.176. The lowest BCUT2D eigenvalue weighted by Gasteiger charge is -2.13. The zero-order chi connectivity index (χ0) is 18.4. The van der Waals surface area contributed by atoms with Gasteiger partial charge in [0.05, 0.1) is 23.4 Å². The second kappa shape index (κ2) is 9.08. The van der Waals surface area contributed by atoms with Gasteiger partial charge in [0.15, 0.2) is 11.5 Å². The van der Waals surface area contributed by atoms with Gasteiger partial charge in [0.2, 0.25) is 5.91 Å². The Morgan fingerprint density at radius 3 is 2.64 bits per heavy atom. The van der Waals surface area contributed by atoms with Crippen LogP contribution in [0.2, 0.25) is 10.0 Å². The lowest BCUT2D eigenvalue weighted by atomic mass is 10.2. The van der Waals surface area contributed by atoms with Gasteiger partial charge < -0.3 is 9.47 Å². The van der Waals surface area contributed by atoms with Crippen LogP contribution in [-0.2, 0) is 11.4 Å². The molecule has 0 aliphatic rings. The number of halogens is 3. The van der Waals surface area contributed by atoms with E-state index in [2.05, 4.69) is 26.5 Å². The average molecular weight is 446 g/mol. The molecule has 0 saturated heterocycles. The van der Waals surface area contributed by atoms with Crippen LogP contribution >= 0.6 is 39.1 Å². The summed E-state index contributed by atoms with van der Waals surface area (Å²) in [6, 6.07) is 8.83. The topological polar surface area (TPSA) is 59.9 Å². The second-order valence-electron chi connectivity index (χ2n) is 4.99. The predicted octanol–water partition coefficient (Wildman–Crippen LogP) is 4.81. The molecule has 1 N–H and O–H groups in total. The Morgan fingerprint density at radius 2 is 2.00 bits per heavy atom. The molecule has 0 radical (unpaired) electrons. The van der Waals surface area contributed by atoms with Gasteiger partial charge in [0.25, 0.3) is 0 Å². The summed E-state index contributed by atoms with van der Waals surface area (Å²) < 4.78 is 11.9. The van der Waals surface area contributed by atoms with Gasteiger partial charge in [-0.25, -0.2) is 5.43 Å². The van der Waals surface area contributed by atoms with Gasteiger partial charge in [-0.05, 0) is 45.8 Å². The molecule has 0 aliphatic carbocycles. The number of rotatable bonds is 6. The van der Waals surface area contributed by atoms with Crippen LogP contribution in [0, 0.1) is 0 Å². The van der Waals surface area contributed by atoms with Gasteiger partial charge in [-0.2, -0.15) is 5.10 Å². The Balaban J connectivity index is 2.17. The summed E-state index contributed by atoms with van der Waals surface area (Å²) in [6.45, 7) is 1.69. The number of hydrazone groups is 1. The molecule has 0 aliphatic heterocycles. The van der Waals surface area contributed by atoms with Crippen molar-refractivity contribution in [2.45, 2.75) is 13.5 Å². The zero-order valence-electron chi connectivity index (χ0n) is 13.5. The minimum absolute atomic E-state index is 0.249. The summed E-state index contributed by atoms with van der Waals surface area (Å²) in [5.74, 6) is 0.838. The first-order valence-electron chi connectivity index (χ1n) is 7.14. The van der Waals surface area contributed by atoms with Crippen molar-refractivity contribution in [3.63, 3.8) is 0 Å². The molecule has 0 atom stereocenters. The third-order valence-corrected chi connectivity index (χ3v) is 4.51. The Morgan fingerprint density at radius 1 is 1.24 bits per heavy atom. The summed E-state index contributed by atoms with van der Waals surface area (Å²) >= 11 is 15.4. The van der Waals surface area contributed by atoms with Crippen molar-refractivity contribution < 1.29 is 14.3 Å². The highest BCUT2D eigenvalue weighted by Crippen LogP contribution is 2.33. The number of carbonyl (C=O) groups excluding carboxylic acids is 1. The Bertz CT molecular complexity index is 813. The lowest BCUT2D eigenvalue weighted by Crippen LogP contribution is -2.12. The van der Waals surface area contributed by atoms with Crippen LogP contribution < -0.4 is 14.9 Å². The van der Waals surface area contributed by atoms with E-state index in [1.807, 2.05) is 6.07 Å². The summed E-state index contributed by atoms with van der Waals surface area (Å²) in [7, 11) is 1.55. The summed E-state index contributed by atoms with van der Waals surface area (Å²) in [4.78, 5) is 10.9. The molecular formula is C17H15BrCl2N2O3. The molecule has 8 heteroatoms. The summed E-state index contributed by atoms with van der Waals surface area (Å²) in [5.41, 5.74) is 3.95. The minimum Gasteiger partial charge on any atom is -0.493 e. The van der Waals surface area contributed by atoms with Crippen molar-refractivity contribution in [1.82, 2.24) is 5.43 Å². The van der Waals surface area contributed by atoms with Gasteiger partial charge in [-0.3, -0.25) is 4.79 Å². The van der Waals surface area contributed by atoms with Crippen LogP contribution in [0.4, 0.5) is 0 Å². The van der Waals surface area contributed by atoms with E-state index in [1.165, 1.54) is 13.1 Å². The van der Waals surface area contributed by atoms with E-state index in [1.54, 1.807) is 31.4 Å². The molecule has 1 amide bonds. The lowest BCUT2D eigenvalue weighted by molar-refractivity contribution is -0.118. The van der Waals surface area contributed by atoms with Crippen molar-refractivity contribution in [1.29, 1.82) is 0 Å². The molecule has 132 valence electrons. The number of amides is 1. The number of ether oxygens (including phenoxy) is 2. The highest BCUT2D eigenvalue weighted by atomic mass is 79.9. The maximum atomic E-state index is 10.9. The van der Waals surface area contributed by atoms with Gasteiger partial charge in [-0.15, -0.1) is 0 Å². The van der Waals surface area contributed by atoms with E-state index in [4.69, 9.17) is 32.7 Å². The molecule has 0 bridgehead atoms. The van der Waals surface area contributed by atoms with E-state index in [9.17, 15) is 4.79 Å². The summed E-state index contributed by atoms with van der Waals surface area (Å²) in [5, 5.41) is 4.81. The van der Waals surface area contributed by atoms with Crippen molar-refractivity contribution in [3.05, 3.63) is 56.0 Å². The quantitative estimate of drug-likeness (QED) is 0.512. The maximum Gasteiger partial charge on any atom is 0.236 e. The maximum absolute atomic E-state index is 10.9. The fourth-order valence-electron chi connectivity index (χ4n) is 1.91. The highest BCUT2D eigenvalue weighted by Gasteiger charge is 2.10. The number of carbonyl (C=O) groups is 1. The van der Waals surface area contributed by atoms with Crippen LogP contribution in [-0.4, -0.2) is 19.2 Å². The smallest absolute Gasteiger partial charge is 0.236 e. The summed E-state index contributed by atoms with van der Waals surface area (Å²) in [6.07, 6.45) is 1.51. The standard InChI is InChI=1S/C17H15BrCl2N2O3/c1-10(23)22-21-8-12-6-16(24-2)17(7-13(12)18)25-9-11-3-4-14(19)15(20)5-11/h3-8H,9H2,1-2H3,(H,22,23)/b21-8-. The van der Waals surface area contributed by atoms with Crippen LogP contribution in [0.3, 0.4) is 0 Å². The van der Waals surface area contributed by atoms with Gasteiger partial charge in [-0.1, -0.05) is 29.3 Å². The Hall–Kier alpha value is -1.76. The first-order valence-corrected chi connectivity index (χ1v) is 8.69. The molecule has 2 rings (SSSR count). The normalized spacial score (nSPS) is 10.8. The molecule has 25 heavy (non-hydrogen) atoms. The molecule has 0 spiro atoms. The SMILES string of the molecule is COc1cc(/C=N\NC(C)=O)c(Br)cc1OCc1ccc(Cl)c(Cl)c1. The number of nitrogens with one attached hydrogen (secondary N) is 1. The largest absolute Gasteiger partial charge is 0.493 e. The first kappa shape index (κ1) is 19.6. The number of hydrogen-bond acceptors (Lipinski definition) is 4. The molecule has 0 heterocycles. The third-order valence-electron chi connectivity index (χ3n) is 3.09. The van der Waals surface area contributed by atoms with Crippen LogP contribution in [0.5, 0.6) is 11.5 Å². The molecular weight excluding hydrogens is 431 g/mol.